The van der Waals surface area contributed by atoms with E-state index >= 15 is 0 Å². The van der Waals surface area contributed by atoms with Crippen LogP contribution in [0.15, 0.2) is 17.1 Å². The van der Waals surface area contributed by atoms with Gasteiger partial charge in [-0.15, -0.1) is 0 Å². The molecule has 5 heteroatoms. The van der Waals surface area contributed by atoms with E-state index < -0.39 is 0 Å². The summed E-state index contributed by atoms with van der Waals surface area (Å²) in [5.74, 6) is 0.777. The second kappa shape index (κ2) is 6.18. The van der Waals surface area contributed by atoms with Crippen LogP contribution in [0.3, 0.4) is 0 Å². The molecule has 2 rings (SSSR count). The summed E-state index contributed by atoms with van der Waals surface area (Å²) >= 11 is 0. The van der Waals surface area contributed by atoms with Gasteiger partial charge >= 0.3 is 0 Å². The Morgan fingerprint density at radius 1 is 1.38 bits per heavy atom. The zero-order chi connectivity index (χ0) is 15.6. The summed E-state index contributed by atoms with van der Waals surface area (Å²) < 4.78 is 1.48. The van der Waals surface area contributed by atoms with Crippen LogP contribution < -0.4 is 16.2 Å². The fourth-order valence-corrected chi connectivity index (χ4v) is 2.46. The van der Waals surface area contributed by atoms with Crippen molar-refractivity contribution in [2.75, 3.05) is 18.0 Å². The minimum atomic E-state index is -0.0932. The summed E-state index contributed by atoms with van der Waals surface area (Å²) in [6.07, 6.45) is 4.16. The minimum absolute atomic E-state index is 0.0389. The third kappa shape index (κ3) is 4.06. The number of piperidine rings is 1. The second-order valence-electron chi connectivity index (χ2n) is 7.38. The Balaban J connectivity index is 2.09. The van der Waals surface area contributed by atoms with Crippen LogP contribution in [0.25, 0.3) is 0 Å². The molecule has 1 aliphatic heterocycles. The first-order chi connectivity index (χ1) is 9.77. The topological polar surface area (TPSA) is 64.2 Å². The van der Waals surface area contributed by atoms with Gasteiger partial charge in [-0.25, -0.2) is 4.68 Å². The molecule has 1 atom stereocenters. The molecule has 0 radical (unpaired) electrons. The molecule has 1 saturated heterocycles. The largest absolute Gasteiger partial charge is 0.370 e. The van der Waals surface area contributed by atoms with Crippen LogP contribution in [-0.2, 0) is 6.54 Å². The Kier molecular flexibility index (Phi) is 4.71. The Morgan fingerprint density at radius 2 is 2.00 bits per heavy atom. The average molecular weight is 292 g/mol. The predicted molar refractivity (Wildman–Crippen MR) is 86.5 cm³/mol. The fraction of sp³-hybridized carbons (Fsp3) is 0.750. The van der Waals surface area contributed by atoms with Gasteiger partial charge in [0, 0.05) is 25.2 Å². The van der Waals surface area contributed by atoms with Gasteiger partial charge in [-0.2, -0.15) is 5.10 Å². The van der Waals surface area contributed by atoms with E-state index in [-0.39, 0.29) is 17.0 Å². The Hall–Kier alpha value is -1.36. The van der Waals surface area contributed by atoms with Gasteiger partial charge in [0.2, 0.25) is 0 Å². The summed E-state index contributed by atoms with van der Waals surface area (Å²) in [4.78, 5) is 14.5. The van der Waals surface area contributed by atoms with Gasteiger partial charge < -0.3 is 10.6 Å². The van der Waals surface area contributed by atoms with Crippen LogP contribution in [0.1, 0.15) is 40.5 Å². The molecule has 0 bridgehead atoms. The molecule has 0 spiro atoms. The molecule has 0 aliphatic carbocycles. The molecule has 1 aromatic rings. The van der Waals surface area contributed by atoms with E-state index in [4.69, 9.17) is 5.73 Å². The standard InChI is InChI=1S/C16H28N4O/c1-12-5-7-19(8-6-12)13-9-15(21)20(18-10-13)11-14(17)16(2,3)4/h9-10,12,14H,5-8,11,17H2,1-4H3. The van der Waals surface area contributed by atoms with Crippen LogP contribution in [-0.4, -0.2) is 28.9 Å². The van der Waals surface area contributed by atoms with Crippen LogP contribution in [0.4, 0.5) is 5.69 Å². The van der Waals surface area contributed by atoms with Crippen molar-refractivity contribution in [2.45, 2.75) is 53.1 Å². The van der Waals surface area contributed by atoms with Crippen molar-refractivity contribution in [3.63, 3.8) is 0 Å². The van der Waals surface area contributed by atoms with E-state index in [1.807, 2.05) is 0 Å². The maximum Gasteiger partial charge on any atom is 0.268 e. The lowest BCUT2D eigenvalue weighted by Gasteiger charge is -2.32. The van der Waals surface area contributed by atoms with Crippen molar-refractivity contribution < 1.29 is 0 Å². The lowest BCUT2D eigenvalue weighted by atomic mass is 9.87. The molecule has 5 nitrogen and oxygen atoms in total. The highest BCUT2D eigenvalue weighted by Crippen LogP contribution is 2.21. The van der Waals surface area contributed by atoms with Crippen molar-refractivity contribution in [3.8, 4) is 0 Å². The van der Waals surface area contributed by atoms with Crippen LogP contribution in [0.2, 0.25) is 0 Å². The van der Waals surface area contributed by atoms with Gasteiger partial charge in [0.25, 0.3) is 5.56 Å². The summed E-state index contributed by atoms with van der Waals surface area (Å²) in [5, 5.41) is 4.31. The minimum Gasteiger partial charge on any atom is -0.370 e. The lowest BCUT2D eigenvalue weighted by molar-refractivity contribution is 0.279. The molecular formula is C16H28N4O. The number of nitrogens with two attached hydrogens (primary N) is 1. The summed E-state index contributed by atoms with van der Waals surface area (Å²) in [5.41, 5.74) is 6.97. The number of aromatic nitrogens is 2. The number of rotatable bonds is 3. The zero-order valence-electron chi connectivity index (χ0n) is 13.7. The van der Waals surface area contributed by atoms with Gasteiger partial charge in [0.15, 0.2) is 0 Å². The van der Waals surface area contributed by atoms with Gasteiger partial charge in [-0.1, -0.05) is 27.7 Å². The van der Waals surface area contributed by atoms with E-state index in [1.54, 1.807) is 12.3 Å². The lowest BCUT2D eigenvalue weighted by Crippen LogP contribution is -2.42. The molecule has 1 aliphatic rings. The molecule has 118 valence electrons. The average Bonchev–Trinajstić information content (AvgIpc) is 2.41. The molecule has 0 amide bonds. The molecular weight excluding hydrogens is 264 g/mol. The highest BCUT2D eigenvalue weighted by Gasteiger charge is 2.22. The molecule has 0 aromatic carbocycles. The van der Waals surface area contributed by atoms with Crippen molar-refractivity contribution in [1.29, 1.82) is 0 Å². The van der Waals surface area contributed by atoms with Gasteiger partial charge in [0.1, 0.15) is 0 Å². The Bertz CT molecular complexity index is 524. The van der Waals surface area contributed by atoms with E-state index in [2.05, 4.69) is 37.7 Å². The molecule has 1 aromatic heterocycles. The van der Waals surface area contributed by atoms with Crippen molar-refractivity contribution in [1.82, 2.24) is 9.78 Å². The molecule has 2 heterocycles. The summed E-state index contributed by atoms with van der Waals surface area (Å²) in [7, 11) is 0. The third-order valence-electron chi connectivity index (χ3n) is 4.49. The molecule has 0 saturated carbocycles. The van der Waals surface area contributed by atoms with Crippen molar-refractivity contribution in [3.05, 3.63) is 22.6 Å². The quantitative estimate of drug-likeness (QED) is 0.923. The summed E-state index contributed by atoms with van der Waals surface area (Å²) in [6.45, 7) is 11.0. The SMILES string of the molecule is CC1CCN(c2cnn(CC(N)C(C)(C)C)c(=O)c2)CC1. The summed E-state index contributed by atoms with van der Waals surface area (Å²) in [6, 6.07) is 1.60. The third-order valence-corrected chi connectivity index (χ3v) is 4.49. The molecule has 21 heavy (non-hydrogen) atoms. The van der Waals surface area contributed by atoms with E-state index in [0.717, 1.165) is 24.7 Å². The van der Waals surface area contributed by atoms with Crippen LogP contribution in [0, 0.1) is 11.3 Å². The highest BCUT2D eigenvalue weighted by atomic mass is 16.1. The van der Waals surface area contributed by atoms with E-state index in [9.17, 15) is 4.79 Å². The normalized spacial score (nSPS) is 18.8. The van der Waals surface area contributed by atoms with Gasteiger partial charge in [-0.05, 0) is 24.2 Å². The number of hydrogen-bond acceptors (Lipinski definition) is 4. The molecule has 2 N–H and O–H groups in total. The predicted octanol–water partition coefficient (Wildman–Crippen LogP) is 1.85. The van der Waals surface area contributed by atoms with Gasteiger partial charge in [-0.3, -0.25) is 4.79 Å². The molecule has 1 fully saturated rings. The monoisotopic (exact) mass is 292 g/mol. The first-order valence-electron chi connectivity index (χ1n) is 7.85. The van der Waals surface area contributed by atoms with Crippen LogP contribution in [0.5, 0.6) is 0 Å². The maximum atomic E-state index is 12.2. The molecule has 1 unspecified atom stereocenters. The van der Waals surface area contributed by atoms with E-state index in [0.29, 0.717) is 6.54 Å². The fourth-order valence-electron chi connectivity index (χ4n) is 2.46. The first-order valence-corrected chi connectivity index (χ1v) is 7.85. The van der Waals surface area contributed by atoms with Crippen molar-refractivity contribution >= 4 is 5.69 Å². The number of anilines is 1. The van der Waals surface area contributed by atoms with Crippen LogP contribution >= 0.6 is 0 Å². The second-order valence-corrected chi connectivity index (χ2v) is 7.38. The number of nitrogens with zero attached hydrogens (tertiary/aromatic N) is 3. The first kappa shape index (κ1) is 16.0. The maximum absolute atomic E-state index is 12.2. The van der Waals surface area contributed by atoms with E-state index in [1.165, 1.54) is 17.5 Å². The zero-order valence-corrected chi connectivity index (χ0v) is 13.7. The smallest absolute Gasteiger partial charge is 0.268 e. The van der Waals surface area contributed by atoms with Crippen molar-refractivity contribution in [2.24, 2.45) is 17.1 Å². The highest BCUT2D eigenvalue weighted by molar-refractivity contribution is 5.43. The number of hydrogen-bond donors (Lipinski definition) is 1. The Morgan fingerprint density at radius 3 is 2.52 bits per heavy atom. The van der Waals surface area contributed by atoms with Gasteiger partial charge in [0.05, 0.1) is 18.4 Å². The Labute approximate surface area is 127 Å².